The lowest BCUT2D eigenvalue weighted by Gasteiger charge is -2.31. The van der Waals surface area contributed by atoms with Gasteiger partial charge in [-0.1, -0.05) is 30.2 Å². The molecule has 1 N–H and O–H groups in total. The summed E-state index contributed by atoms with van der Waals surface area (Å²) >= 11 is 5.86. The van der Waals surface area contributed by atoms with Gasteiger partial charge in [-0.15, -0.1) is 0 Å². The van der Waals surface area contributed by atoms with Gasteiger partial charge in [0.05, 0.1) is 38.1 Å². The molecule has 1 aromatic carbocycles. The Labute approximate surface area is 155 Å². The van der Waals surface area contributed by atoms with E-state index in [0.717, 1.165) is 17.7 Å². The number of nitrogens with one attached hydrogen (secondary N) is 1. The maximum atomic E-state index is 12.9. The molecular weight excluding hydrogens is 362 g/mol. The zero-order valence-corrected chi connectivity index (χ0v) is 16.4. The minimum absolute atomic E-state index is 0.0509. The predicted molar refractivity (Wildman–Crippen MR) is 98.5 cm³/mol. The molecule has 1 saturated carbocycles. The molecule has 0 heterocycles. The van der Waals surface area contributed by atoms with Crippen molar-refractivity contribution in [3.05, 3.63) is 34.9 Å². The van der Waals surface area contributed by atoms with Crippen LogP contribution in [0.5, 0.6) is 0 Å². The predicted octanol–water partition coefficient (Wildman–Crippen LogP) is 1.64. The molecule has 2 rings (SSSR count). The fourth-order valence-electron chi connectivity index (χ4n) is 3.11. The van der Waals surface area contributed by atoms with Gasteiger partial charge in [0.1, 0.15) is 6.10 Å². The number of carbonyl (C=O) groups excluding carboxylic acids is 1. The second kappa shape index (κ2) is 9.01. The number of quaternary nitrogens is 1. The number of hydrogen-bond donors (Lipinski definition) is 1. The summed E-state index contributed by atoms with van der Waals surface area (Å²) in [6, 6.07) is 6.83. The molecule has 25 heavy (non-hydrogen) atoms. The first-order valence-corrected chi connectivity index (χ1v) is 10.8. The smallest absolute Gasteiger partial charge is 0.311 e. The molecule has 1 aliphatic carbocycles. The van der Waals surface area contributed by atoms with Gasteiger partial charge in [0, 0.05) is 5.02 Å². The van der Waals surface area contributed by atoms with Crippen molar-refractivity contribution in [2.75, 3.05) is 20.6 Å². The SMILES string of the molecule is C[NH+](C)CCC(=O)O[C@@H]1CCCC[C@H]1S(=O)(=O)Cc1ccc(Cl)cc1. The minimum atomic E-state index is -3.40. The Morgan fingerprint density at radius 1 is 1.20 bits per heavy atom. The summed E-state index contributed by atoms with van der Waals surface area (Å²) in [4.78, 5) is 13.2. The van der Waals surface area contributed by atoms with Crippen LogP contribution in [0.3, 0.4) is 0 Å². The van der Waals surface area contributed by atoms with E-state index in [1.54, 1.807) is 24.3 Å². The van der Waals surface area contributed by atoms with E-state index in [-0.39, 0.29) is 11.7 Å². The lowest BCUT2D eigenvalue weighted by atomic mass is 9.97. The lowest BCUT2D eigenvalue weighted by molar-refractivity contribution is -0.857. The van der Waals surface area contributed by atoms with E-state index in [2.05, 4.69) is 0 Å². The van der Waals surface area contributed by atoms with Crippen LogP contribution in [0.25, 0.3) is 0 Å². The molecule has 0 aromatic heterocycles. The van der Waals surface area contributed by atoms with E-state index in [1.165, 1.54) is 0 Å². The molecule has 2 atom stereocenters. The third kappa shape index (κ3) is 6.28. The monoisotopic (exact) mass is 388 g/mol. The van der Waals surface area contributed by atoms with Crippen LogP contribution in [-0.4, -0.2) is 46.4 Å². The molecule has 1 aromatic rings. The molecular formula is C18H27ClNO4S+. The van der Waals surface area contributed by atoms with E-state index in [1.807, 2.05) is 14.1 Å². The molecule has 1 fully saturated rings. The fraction of sp³-hybridized carbons (Fsp3) is 0.611. The van der Waals surface area contributed by atoms with Crippen LogP contribution in [0.4, 0.5) is 0 Å². The second-order valence-electron chi connectivity index (χ2n) is 6.99. The first-order chi connectivity index (χ1) is 11.8. The van der Waals surface area contributed by atoms with Gasteiger partial charge in [0.2, 0.25) is 0 Å². The summed E-state index contributed by atoms with van der Waals surface area (Å²) < 4.78 is 31.3. The van der Waals surface area contributed by atoms with Crippen LogP contribution >= 0.6 is 11.6 Å². The largest absolute Gasteiger partial charge is 0.461 e. The second-order valence-corrected chi connectivity index (χ2v) is 9.65. The van der Waals surface area contributed by atoms with Crippen LogP contribution in [0.2, 0.25) is 5.02 Å². The van der Waals surface area contributed by atoms with Crippen LogP contribution in [0.15, 0.2) is 24.3 Å². The zero-order valence-electron chi connectivity index (χ0n) is 14.8. The van der Waals surface area contributed by atoms with Gasteiger partial charge in [-0.3, -0.25) is 4.79 Å². The van der Waals surface area contributed by atoms with Gasteiger partial charge in [-0.05, 0) is 37.0 Å². The van der Waals surface area contributed by atoms with Gasteiger partial charge < -0.3 is 9.64 Å². The van der Waals surface area contributed by atoms with Crippen molar-refractivity contribution >= 4 is 27.4 Å². The third-order valence-corrected chi connectivity index (χ3v) is 6.95. The molecule has 0 bridgehead atoms. The van der Waals surface area contributed by atoms with Crippen LogP contribution < -0.4 is 4.90 Å². The van der Waals surface area contributed by atoms with Crippen molar-refractivity contribution in [3.8, 4) is 0 Å². The van der Waals surface area contributed by atoms with Gasteiger partial charge in [-0.25, -0.2) is 8.42 Å². The summed E-state index contributed by atoms with van der Waals surface area (Å²) in [6.45, 7) is 0.674. The molecule has 0 unspecified atom stereocenters. The highest BCUT2D eigenvalue weighted by Crippen LogP contribution is 2.29. The number of carbonyl (C=O) groups is 1. The number of rotatable bonds is 7. The maximum Gasteiger partial charge on any atom is 0.311 e. The van der Waals surface area contributed by atoms with Crippen molar-refractivity contribution < 1.29 is 22.8 Å². The molecule has 0 saturated heterocycles. The standard InChI is InChI=1S/C18H26ClNO4S/c1-20(2)12-11-18(21)24-16-5-3-4-6-17(16)25(22,23)13-14-7-9-15(19)10-8-14/h7-10,16-17H,3-6,11-13H2,1-2H3/p+1/t16-,17-/m1/s1. The van der Waals surface area contributed by atoms with Gasteiger partial charge >= 0.3 is 5.97 Å². The summed E-state index contributed by atoms with van der Waals surface area (Å²) in [5, 5.41) is -0.0405. The number of halogens is 1. The van der Waals surface area contributed by atoms with Crippen LogP contribution in [0, 0.1) is 0 Å². The number of benzene rings is 1. The number of ether oxygens (including phenoxy) is 1. The van der Waals surface area contributed by atoms with Crippen molar-refractivity contribution in [1.29, 1.82) is 0 Å². The van der Waals surface area contributed by atoms with Crippen LogP contribution in [0.1, 0.15) is 37.7 Å². The van der Waals surface area contributed by atoms with E-state index in [0.29, 0.717) is 36.4 Å². The molecule has 0 amide bonds. The topological polar surface area (TPSA) is 64.9 Å². The quantitative estimate of drug-likeness (QED) is 0.721. The first-order valence-electron chi connectivity index (χ1n) is 8.72. The van der Waals surface area contributed by atoms with Crippen LogP contribution in [-0.2, 0) is 25.1 Å². The highest BCUT2D eigenvalue weighted by Gasteiger charge is 2.37. The molecule has 0 radical (unpaired) electrons. The summed E-state index contributed by atoms with van der Waals surface area (Å²) in [6.07, 6.45) is 2.68. The average molecular weight is 389 g/mol. The van der Waals surface area contributed by atoms with E-state index < -0.39 is 21.2 Å². The Bertz CT molecular complexity index is 673. The van der Waals surface area contributed by atoms with Gasteiger partial charge in [0.25, 0.3) is 0 Å². The molecule has 1 aliphatic rings. The average Bonchev–Trinajstić information content (AvgIpc) is 2.55. The van der Waals surface area contributed by atoms with Gasteiger partial charge in [0.15, 0.2) is 9.84 Å². The number of sulfone groups is 1. The maximum absolute atomic E-state index is 12.9. The Balaban J connectivity index is 2.04. The highest BCUT2D eigenvalue weighted by atomic mass is 35.5. The lowest BCUT2D eigenvalue weighted by Crippen LogP contribution is -3.05. The van der Waals surface area contributed by atoms with E-state index in [9.17, 15) is 13.2 Å². The Kier molecular flexibility index (Phi) is 7.28. The van der Waals surface area contributed by atoms with Crippen molar-refractivity contribution in [2.45, 2.75) is 49.2 Å². The van der Waals surface area contributed by atoms with E-state index >= 15 is 0 Å². The Morgan fingerprint density at radius 3 is 2.48 bits per heavy atom. The summed E-state index contributed by atoms with van der Waals surface area (Å²) in [5.41, 5.74) is 0.705. The minimum Gasteiger partial charge on any atom is -0.461 e. The number of hydrogen-bond acceptors (Lipinski definition) is 4. The molecule has 0 aliphatic heterocycles. The molecule has 7 heteroatoms. The Morgan fingerprint density at radius 2 is 1.84 bits per heavy atom. The molecule has 0 spiro atoms. The summed E-state index contributed by atoms with van der Waals surface area (Å²) in [7, 11) is 0.530. The fourth-order valence-corrected chi connectivity index (χ4v) is 5.29. The molecule has 140 valence electrons. The summed E-state index contributed by atoms with van der Waals surface area (Å²) in [5.74, 6) is -0.357. The van der Waals surface area contributed by atoms with Crippen molar-refractivity contribution in [1.82, 2.24) is 0 Å². The third-order valence-electron chi connectivity index (χ3n) is 4.50. The highest BCUT2D eigenvalue weighted by molar-refractivity contribution is 7.91. The molecule has 5 nitrogen and oxygen atoms in total. The first kappa shape index (κ1) is 20.2. The van der Waals surface area contributed by atoms with Gasteiger partial charge in [-0.2, -0.15) is 0 Å². The van der Waals surface area contributed by atoms with Crippen molar-refractivity contribution in [3.63, 3.8) is 0 Å². The normalized spacial score (nSPS) is 21.3. The van der Waals surface area contributed by atoms with E-state index in [4.69, 9.17) is 16.3 Å². The van der Waals surface area contributed by atoms with Crippen molar-refractivity contribution in [2.24, 2.45) is 0 Å². The Hall–Kier alpha value is -1.11. The zero-order chi connectivity index (χ0) is 18.4. The number of esters is 1.